The molecule has 0 unspecified atom stereocenters. The molecule has 232 valence electrons. The maximum atomic E-state index is 13.5. The molecule has 0 bridgehead atoms. The third-order valence-corrected chi connectivity index (χ3v) is 8.29. The molecule has 0 fully saturated rings. The average Bonchev–Trinajstić information content (AvgIpc) is 3.01. The number of hydrogen-bond acceptors (Lipinski definition) is 5. The molecule has 1 aliphatic rings. The summed E-state index contributed by atoms with van der Waals surface area (Å²) in [6.45, 7) is 11.8. The van der Waals surface area contributed by atoms with Crippen molar-refractivity contribution in [1.29, 1.82) is 0 Å². The van der Waals surface area contributed by atoms with Gasteiger partial charge >= 0.3 is 5.97 Å². The molecule has 4 atom stereocenters. The molecule has 2 N–H and O–H groups in total. The van der Waals surface area contributed by atoms with E-state index >= 15 is 0 Å². The Hall–Kier alpha value is -3.71. The van der Waals surface area contributed by atoms with Crippen molar-refractivity contribution in [2.24, 2.45) is 17.8 Å². The van der Waals surface area contributed by atoms with Gasteiger partial charge < -0.3 is 20.1 Å². The van der Waals surface area contributed by atoms with Gasteiger partial charge in [0, 0.05) is 13.0 Å². The van der Waals surface area contributed by atoms with Crippen LogP contribution >= 0.6 is 0 Å². The zero-order chi connectivity index (χ0) is 31.2. The molecule has 1 aliphatic heterocycles. The van der Waals surface area contributed by atoms with Crippen LogP contribution in [0.3, 0.4) is 0 Å². The molecule has 0 aliphatic carbocycles. The molecule has 7 nitrogen and oxygen atoms in total. The van der Waals surface area contributed by atoms with Gasteiger partial charge in [0.05, 0.1) is 30.5 Å². The van der Waals surface area contributed by atoms with Crippen LogP contribution in [0.25, 0.3) is 0 Å². The molecule has 7 heteroatoms. The lowest BCUT2D eigenvalue weighted by atomic mass is 9.92. The van der Waals surface area contributed by atoms with Gasteiger partial charge in [0.25, 0.3) is 0 Å². The highest BCUT2D eigenvalue weighted by Crippen LogP contribution is 2.25. The monoisotopic (exact) mass is 588 g/mol. The summed E-state index contributed by atoms with van der Waals surface area (Å²) in [7, 11) is 0. The van der Waals surface area contributed by atoms with Gasteiger partial charge in [-0.25, -0.2) is 0 Å². The van der Waals surface area contributed by atoms with E-state index in [2.05, 4.69) is 18.5 Å². The number of amides is 2. The molecule has 0 saturated heterocycles. The normalized spacial score (nSPS) is 16.5. The van der Waals surface area contributed by atoms with Gasteiger partial charge in [-0.2, -0.15) is 0 Å². The van der Waals surface area contributed by atoms with Gasteiger partial charge in [-0.3, -0.25) is 14.4 Å². The lowest BCUT2D eigenvalue weighted by molar-refractivity contribution is -0.150. The smallest absolute Gasteiger partial charge is 0.309 e. The first-order valence-corrected chi connectivity index (χ1v) is 15.5. The van der Waals surface area contributed by atoms with Gasteiger partial charge in [-0.05, 0) is 61.1 Å². The van der Waals surface area contributed by atoms with E-state index in [1.54, 1.807) is 11.0 Å². The van der Waals surface area contributed by atoms with E-state index in [1.807, 2.05) is 74.5 Å². The van der Waals surface area contributed by atoms with E-state index < -0.39 is 12.0 Å². The van der Waals surface area contributed by atoms with Crippen LogP contribution in [0.1, 0.15) is 62.6 Å². The Morgan fingerprint density at radius 1 is 1.02 bits per heavy atom. The maximum Gasteiger partial charge on any atom is 0.309 e. The van der Waals surface area contributed by atoms with Crippen molar-refractivity contribution in [2.45, 2.75) is 77.4 Å². The van der Waals surface area contributed by atoms with Gasteiger partial charge in [-0.1, -0.05) is 80.6 Å². The van der Waals surface area contributed by atoms with Crippen molar-refractivity contribution >= 4 is 17.8 Å². The Labute approximate surface area is 257 Å². The number of nitrogens with one attached hydrogen (secondary N) is 1. The summed E-state index contributed by atoms with van der Waals surface area (Å²) in [5.74, 6) is -1.62. The van der Waals surface area contributed by atoms with Crippen molar-refractivity contribution in [3.05, 3.63) is 96.6 Å². The molecule has 0 spiro atoms. The minimum atomic E-state index is -0.622. The second-order valence-electron chi connectivity index (χ2n) is 11.9. The molecule has 1 heterocycles. The number of esters is 1. The molecule has 3 rings (SSSR count). The predicted molar refractivity (Wildman–Crippen MR) is 170 cm³/mol. The van der Waals surface area contributed by atoms with Crippen molar-refractivity contribution in [2.75, 3.05) is 13.2 Å². The first-order valence-electron chi connectivity index (χ1n) is 15.5. The lowest BCUT2D eigenvalue weighted by Gasteiger charge is -2.36. The first kappa shape index (κ1) is 33.8. The second-order valence-corrected chi connectivity index (χ2v) is 11.9. The molecule has 2 aromatic rings. The zero-order valence-corrected chi connectivity index (χ0v) is 25.8. The Morgan fingerprint density at radius 2 is 1.72 bits per heavy atom. The lowest BCUT2D eigenvalue weighted by Crippen LogP contribution is -2.49. The fraction of sp³-hybridized carbons (Fsp3) is 0.472. The zero-order valence-electron chi connectivity index (χ0n) is 25.8. The summed E-state index contributed by atoms with van der Waals surface area (Å²) >= 11 is 0. The Bertz CT molecular complexity index is 1210. The molecule has 0 saturated carbocycles. The van der Waals surface area contributed by atoms with Crippen LogP contribution in [-0.2, 0) is 38.5 Å². The van der Waals surface area contributed by atoms with Crippen LogP contribution in [0.2, 0.25) is 0 Å². The molecule has 0 aromatic heterocycles. The SMILES string of the molecule is C=CCCC[C@H](Cc1ccccc1)C(=O)OC[C@@H](NC(=O)[C@H](CC=C)CC(=O)N1Cc2ccccc2C[C@H]1CO)C(C)C. The summed E-state index contributed by atoms with van der Waals surface area (Å²) in [5.41, 5.74) is 3.27. The average molecular weight is 589 g/mol. The van der Waals surface area contributed by atoms with Crippen LogP contribution in [0.15, 0.2) is 79.9 Å². The number of allylic oxidation sites excluding steroid dienone is 2. The molecule has 0 radical (unpaired) electrons. The molecular formula is C36H48N2O5. The minimum absolute atomic E-state index is 0.00235. The summed E-state index contributed by atoms with van der Waals surface area (Å²) in [6, 6.07) is 17.1. The summed E-state index contributed by atoms with van der Waals surface area (Å²) in [5, 5.41) is 13.1. The highest BCUT2D eigenvalue weighted by Gasteiger charge is 2.33. The first-order chi connectivity index (χ1) is 20.8. The van der Waals surface area contributed by atoms with E-state index in [1.165, 1.54) is 0 Å². The predicted octanol–water partition coefficient (Wildman–Crippen LogP) is 5.41. The van der Waals surface area contributed by atoms with Crippen LogP contribution in [0.4, 0.5) is 0 Å². The van der Waals surface area contributed by atoms with Gasteiger partial charge in [-0.15, -0.1) is 13.2 Å². The van der Waals surface area contributed by atoms with E-state index in [0.717, 1.165) is 29.5 Å². The van der Waals surface area contributed by atoms with E-state index in [0.29, 0.717) is 32.2 Å². The van der Waals surface area contributed by atoms with Crippen LogP contribution < -0.4 is 5.32 Å². The van der Waals surface area contributed by atoms with Crippen LogP contribution in [0, 0.1) is 17.8 Å². The number of carbonyl (C=O) groups excluding carboxylic acids is 3. The third kappa shape index (κ3) is 10.2. The van der Waals surface area contributed by atoms with Gasteiger partial charge in [0.1, 0.15) is 6.61 Å². The van der Waals surface area contributed by atoms with Crippen molar-refractivity contribution in [1.82, 2.24) is 10.2 Å². The minimum Gasteiger partial charge on any atom is -0.463 e. The number of ether oxygens (including phenoxy) is 1. The topological polar surface area (TPSA) is 95.9 Å². The number of rotatable bonds is 17. The molecule has 43 heavy (non-hydrogen) atoms. The van der Waals surface area contributed by atoms with Crippen molar-refractivity contribution in [3.63, 3.8) is 0 Å². The number of hydrogen-bond donors (Lipinski definition) is 2. The third-order valence-electron chi connectivity index (χ3n) is 8.29. The van der Waals surface area contributed by atoms with Crippen molar-refractivity contribution in [3.8, 4) is 0 Å². The van der Waals surface area contributed by atoms with E-state index in [-0.39, 0.29) is 55.3 Å². The number of benzene rings is 2. The number of carbonyl (C=O) groups is 3. The maximum absolute atomic E-state index is 13.5. The second kappa shape index (κ2) is 17.4. The Balaban J connectivity index is 1.63. The highest BCUT2D eigenvalue weighted by molar-refractivity contribution is 5.86. The summed E-state index contributed by atoms with van der Waals surface area (Å²) in [4.78, 5) is 41.8. The van der Waals surface area contributed by atoms with Gasteiger partial charge in [0.15, 0.2) is 0 Å². The number of nitrogens with zero attached hydrogens (tertiary/aromatic N) is 1. The fourth-order valence-corrected chi connectivity index (χ4v) is 5.56. The van der Waals surface area contributed by atoms with Crippen LogP contribution in [0.5, 0.6) is 0 Å². The van der Waals surface area contributed by atoms with Gasteiger partial charge in [0.2, 0.25) is 11.8 Å². The standard InChI is InChI=1S/C36H48N2O5/c1-5-7-9-18-30(20-27-15-10-8-11-16-27)36(42)43-25-33(26(3)4)37-35(41)29(14-6-2)22-34(40)38-23-31-19-13-12-17-28(31)21-32(38)24-39/h5-6,8,10-13,15-17,19,26,29-30,32-33,39H,1-2,7,9,14,18,20-25H2,3-4H3,(H,37,41)/t29-,30-,32+,33-/m1/s1. The van der Waals surface area contributed by atoms with Crippen molar-refractivity contribution < 1.29 is 24.2 Å². The largest absolute Gasteiger partial charge is 0.463 e. The number of aliphatic hydroxyl groups excluding tert-OH is 1. The number of aliphatic hydroxyl groups is 1. The van der Waals surface area contributed by atoms with E-state index in [9.17, 15) is 19.5 Å². The van der Waals surface area contributed by atoms with E-state index in [4.69, 9.17) is 4.74 Å². The van der Waals surface area contributed by atoms with Crippen LogP contribution in [-0.4, -0.2) is 53.1 Å². The quantitative estimate of drug-likeness (QED) is 0.146. The number of fused-ring (bicyclic) bond motifs is 1. The number of unbranched alkanes of at least 4 members (excludes halogenated alkanes) is 1. The highest BCUT2D eigenvalue weighted by atomic mass is 16.5. The Kier molecular flexibility index (Phi) is 13.7. The molecular weight excluding hydrogens is 540 g/mol. The summed E-state index contributed by atoms with van der Waals surface area (Å²) in [6.07, 6.45) is 7.38. The molecule has 2 aromatic carbocycles. The summed E-state index contributed by atoms with van der Waals surface area (Å²) < 4.78 is 5.81. The Morgan fingerprint density at radius 3 is 2.37 bits per heavy atom. The fourth-order valence-electron chi connectivity index (χ4n) is 5.56. The molecule has 2 amide bonds.